The molecule has 1 aliphatic heterocycles. The van der Waals surface area contributed by atoms with Gasteiger partial charge < -0.3 is 15.3 Å². The summed E-state index contributed by atoms with van der Waals surface area (Å²) in [5, 5.41) is 17.5. The Morgan fingerprint density at radius 1 is 1.23 bits per heavy atom. The summed E-state index contributed by atoms with van der Waals surface area (Å²) < 4.78 is 1.86. The van der Waals surface area contributed by atoms with Crippen molar-refractivity contribution in [1.82, 2.24) is 20.0 Å². The molecule has 1 aromatic rings. The summed E-state index contributed by atoms with van der Waals surface area (Å²) in [5.74, 6) is 0.759. The van der Waals surface area contributed by atoms with E-state index >= 15 is 0 Å². The molecule has 1 aliphatic carbocycles. The summed E-state index contributed by atoms with van der Waals surface area (Å²) in [7, 11) is 1.93. The Labute approximate surface area is 154 Å². The fourth-order valence-electron chi connectivity index (χ4n) is 4.62. The van der Waals surface area contributed by atoms with Crippen LogP contribution in [-0.4, -0.2) is 56.8 Å². The van der Waals surface area contributed by atoms with Crippen molar-refractivity contribution in [2.24, 2.45) is 18.9 Å². The number of carbonyl (C=O) groups excluding carboxylic acids is 2. The monoisotopic (exact) mass is 362 g/mol. The number of nitrogens with zero attached hydrogens (tertiary/aromatic N) is 3. The quantitative estimate of drug-likeness (QED) is 0.826. The lowest BCUT2D eigenvalue weighted by molar-refractivity contribution is -0.130. The van der Waals surface area contributed by atoms with E-state index in [1.165, 1.54) is 12.5 Å². The highest BCUT2D eigenvalue weighted by Crippen LogP contribution is 2.36. The summed E-state index contributed by atoms with van der Waals surface area (Å²) in [6, 6.07) is -0.190. The number of nitrogens with one attached hydrogen (secondary N) is 1. The van der Waals surface area contributed by atoms with Crippen LogP contribution in [0.5, 0.6) is 0 Å². The minimum atomic E-state index is -0.518. The van der Waals surface area contributed by atoms with E-state index in [1.54, 1.807) is 0 Å². The third kappa shape index (κ3) is 3.77. The summed E-state index contributed by atoms with van der Waals surface area (Å²) in [5.41, 5.74) is 3.28. The van der Waals surface area contributed by atoms with Crippen LogP contribution in [0.2, 0.25) is 0 Å². The normalized spacial score (nSPS) is 28.1. The van der Waals surface area contributed by atoms with Gasteiger partial charge in [0.15, 0.2) is 0 Å². The number of likely N-dealkylation sites (tertiary alicyclic amines) is 1. The number of aryl methyl sites for hydroxylation is 2. The lowest BCUT2D eigenvalue weighted by atomic mass is 9.77. The first-order valence-electron chi connectivity index (χ1n) is 9.48. The minimum absolute atomic E-state index is 0.111. The molecule has 144 valence electrons. The smallest absolute Gasteiger partial charge is 0.222 e. The number of hydrogen-bond donors (Lipinski definition) is 2. The number of aliphatic hydroxyl groups excluding tert-OH is 1. The van der Waals surface area contributed by atoms with Crippen molar-refractivity contribution in [2.75, 3.05) is 13.1 Å². The van der Waals surface area contributed by atoms with E-state index in [1.807, 2.05) is 30.5 Å². The van der Waals surface area contributed by atoms with Crippen molar-refractivity contribution < 1.29 is 14.7 Å². The Balaban J connectivity index is 1.56. The maximum absolute atomic E-state index is 12.7. The molecule has 1 aromatic heterocycles. The van der Waals surface area contributed by atoms with Gasteiger partial charge in [0, 0.05) is 39.2 Å². The first-order valence-corrected chi connectivity index (χ1v) is 9.48. The summed E-state index contributed by atoms with van der Waals surface area (Å²) in [6.45, 7) is 6.95. The molecule has 2 N–H and O–H groups in total. The number of fused-ring (bicyclic) bond motifs is 1. The Morgan fingerprint density at radius 2 is 1.88 bits per heavy atom. The molecule has 1 saturated heterocycles. The molecule has 3 rings (SSSR count). The van der Waals surface area contributed by atoms with Crippen LogP contribution in [0.3, 0.4) is 0 Å². The maximum atomic E-state index is 12.7. The molecule has 4 atom stereocenters. The highest BCUT2D eigenvalue weighted by Gasteiger charge is 2.43. The maximum Gasteiger partial charge on any atom is 0.222 e. The molecule has 2 heterocycles. The van der Waals surface area contributed by atoms with Gasteiger partial charge in [-0.1, -0.05) is 0 Å². The molecule has 0 aromatic carbocycles. The van der Waals surface area contributed by atoms with E-state index in [0.29, 0.717) is 31.1 Å². The van der Waals surface area contributed by atoms with E-state index in [-0.39, 0.29) is 17.9 Å². The van der Waals surface area contributed by atoms with Crippen molar-refractivity contribution in [3.63, 3.8) is 0 Å². The molecule has 2 aliphatic rings. The molecule has 26 heavy (non-hydrogen) atoms. The Bertz CT molecular complexity index is 699. The first-order chi connectivity index (χ1) is 12.3. The molecule has 0 spiro atoms. The second kappa shape index (κ2) is 7.39. The molecule has 7 nitrogen and oxygen atoms in total. The summed E-state index contributed by atoms with van der Waals surface area (Å²) >= 11 is 0. The van der Waals surface area contributed by atoms with Gasteiger partial charge in [-0.3, -0.25) is 14.3 Å². The van der Waals surface area contributed by atoms with Crippen molar-refractivity contribution >= 4 is 11.8 Å². The van der Waals surface area contributed by atoms with E-state index < -0.39 is 6.10 Å². The number of carbonyl (C=O) groups is 2. The highest BCUT2D eigenvalue weighted by atomic mass is 16.3. The van der Waals surface area contributed by atoms with Crippen LogP contribution in [-0.2, 0) is 23.1 Å². The average Bonchev–Trinajstić information content (AvgIpc) is 3.06. The minimum Gasteiger partial charge on any atom is -0.391 e. The van der Waals surface area contributed by atoms with Crippen LogP contribution in [0.1, 0.15) is 43.1 Å². The molecule has 0 radical (unpaired) electrons. The fraction of sp³-hybridized carbons (Fsp3) is 0.737. The third-order valence-corrected chi connectivity index (χ3v) is 6.13. The average molecular weight is 362 g/mol. The van der Waals surface area contributed by atoms with E-state index in [2.05, 4.69) is 10.4 Å². The predicted octanol–water partition coefficient (Wildman–Crippen LogP) is 0.704. The van der Waals surface area contributed by atoms with Gasteiger partial charge in [-0.15, -0.1) is 0 Å². The van der Waals surface area contributed by atoms with Gasteiger partial charge in [0.05, 0.1) is 17.8 Å². The van der Waals surface area contributed by atoms with Crippen LogP contribution < -0.4 is 5.32 Å². The largest absolute Gasteiger partial charge is 0.391 e. The van der Waals surface area contributed by atoms with Crippen LogP contribution in [0.25, 0.3) is 0 Å². The second-order valence-electron chi connectivity index (χ2n) is 7.94. The van der Waals surface area contributed by atoms with Crippen LogP contribution in [0, 0.1) is 25.7 Å². The number of amides is 2. The number of aromatic nitrogens is 2. The Hall–Kier alpha value is -1.89. The van der Waals surface area contributed by atoms with Crippen LogP contribution in [0.4, 0.5) is 0 Å². The molecule has 2 fully saturated rings. The van der Waals surface area contributed by atoms with Crippen molar-refractivity contribution in [3.8, 4) is 0 Å². The topological polar surface area (TPSA) is 87.5 Å². The summed E-state index contributed by atoms with van der Waals surface area (Å²) in [6.07, 6.45) is 2.09. The lowest BCUT2D eigenvalue weighted by Gasteiger charge is -2.35. The van der Waals surface area contributed by atoms with Crippen molar-refractivity contribution in [3.05, 3.63) is 17.0 Å². The van der Waals surface area contributed by atoms with E-state index in [9.17, 15) is 14.7 Å². The molecule has 0 unspecified atom stereocenters. The fourth-order valence-corrected chi connectivity index (χ4v) is 4.62. The SMILES string of the molecule is CC(=O)N[C@@H]1C[C@@H]2CN(C(=O)CCc3c(C)nn(C)c3C)C[C@@H]2C[C@H]1O. The van der Waals surface area contributed by atoms with E-state index in [4.69, 9.17) is 0 Å². The molecular formula is C19H30N4O3. The van der Waals surface area contributed by atoms with Crippen molar-refractivity contribution in [1.29, 1.82) is 0 Å². The number of hydrogen-bond acceptors (Lipinski definition) is 4. The Morgan fingerprint density at radius 3 is 2.46 bits per heavy atom. The molecule has 0 bridgehead atoms. The molecular weight excluding hydrogens is 332 g/mol. The van der Waals surface area contributed by atoms with Gasteiger partial charge in [-0.2, -0.15) is 5.10 Å². The van der Waals surface area contributed by atoms with Gasteiger partial charge >= 0.3 is 0 Å². The van der Waals surface area contributed by atoms with Crippen LogP contribution in [0.15, 0.2) is 0 Å². The van der Waals surface area contributed by atoms with Gasteiger partial charge in [0.2, 0.25) is 11.8 Å². The highest BCUT2D eigenvalue weighted by molar-refractivity contribution is 5.77. The molecule has 7 heteroatoms. The van der Waals surface area contributed by atoms with Gasteiger partial charge in [-0.05, 0) is 50.5 Å². The third-order valence-electron chi connectivity index (χ3n) is 6.13. The van der Waals surface area contributed by atoms with Crippen molar-refractivity contribution in [2.45, 2.75) is 58.6 Å². The van der Waals surface area contributed by atoms with Gasteiger partial charge in [0.1, 0.15) is 0 Å². The van der Waals surface area contributed by atoms with Gasteiger partial charge in [0.25, 0.3) is 0 Å². The molecule has 1 saturated carbocycles. The zero-order valence-electron chi connectivity index (χ0n) is 16.2. The summed E-state index contributed by atoms with van der Waals surface area (Å²) in [4.78, 5) is 25.9. The zero-order valence-corrected chi connectivity index (χ0v) is 16.2. The van der Waals surface area contributed by atoms with Gasteiger partial charge in [-0.25, -0.2) is 0 Å². The van der Waals surface area contributed by atoms with E-state index in [0.717, 1.165) is 30.9 Å². The predicted molar refractivity (Wildman–Crippen MR) is 97.4 cm³/mol. The lowest BCUT2D eigenvalue weighted by Crippen LogP contribution is -2.48. The number of rotatable bonds is 4. The molecule has 2 amide bonds. The second-order valence-corrected chi connectivity index (χ2v) is 7.94. The van der Waals surface area contributed by atoms with Crippen LogP contribution >= 0.6 is 0 Å². The standard InChI is InChI=1S/C19H30N4O3/c1-11-16(12(2)22(4)21-11)5-6-19(26)23-9-14-7-17(20-13(3)24)18(25)8-15(14)10-23/h14-15,17-18,25H,5-10H2,1-4H3,(H,20,24)/t14-,15+,17-,18-/m1/s1. The Kier molecular flexibility index (Phi) is 5.37. The zero-order chi connectivity index (χ0) is 19.0. The number of aliphatic hydroxyl groups is 1. The first kappa shape index (κ1) is 18.9.